The van der Waals surface area contributed by atoms with Gasteiger partial charge in [-0.05, 0) is 67.1 Å². The van der Waals surface area contributed by atoms with Gasteiger partial charge < -0.3 is 22.1 Å². The molecule has 0 heterocycles. The number of carbonyl (C=O) groups is 2. The van der Waals surface area contributed by atoms with Crippen molar-refractivity contribution in [2.24, 2.45) is 0 Å². The topological polar surface area (TPSA) is 110 Å². The quantitative estimate of drug-likeness (QED) is 0.452. The minimum atomic E-state index is -4.70. The number of nitrogens with one attached hydrogen (secondary N) is 2. The molecule has 0 radical (unpaired) electrons. The van der Waals surface area contributed by atoms with E-state index in [1.165, 1.54) is 30.3 Å². The van der Waals surface area contributed by atoms with Crippen LogP contribution in [0.3, 0.4) is 0 Å². The SMILES string of the molecule is Cc1cc(N)ccc1NC(=O)c1cccc(C(=O)Nc2ccc(N)cc2C(F)(F)F)c1. The van der Waals surface area contributed by atoms with Crippen molar-refractivity contribution in [2.45, 2.75) is 13.1 Å². The number of nitrogens with two attached hydrogens (primary N) is 2. The number of amides is 2. The van der Waals surface area contributed by atoms with E-state index in [9.17, 15) is 22.8 Å². The molecule has 2 amide bonds. The van der Waals surface area contributed by atoms with Gasteiger partial charge in [-0.1, -0.05) is 6.07 Å². The third kappa shape index (κ3) is 5.13. The minimum Gasteiger partial charge on any atom is -0.399 e. The lowest BCUT2D eigenvalue weighted by atomic mass is 10.1. The smallest absolute Gasteiger partial charge is 0.399 e. The lowest BCUT2D eigenvalue weighted by molar-refractivity contribution is -0.136. The van der Waals surface area contributed by atoms with E-state index in [-0.39, 0.29) is 16.8 Å². The molecule has 31 heavy (non-hydrogen) atoms. The average Bonchev–Trinajstić information content (AvgIpc) is 2.70. The van der Waals surface area contributed by atoms with Gasteiger partial charge in [0.05, 0.1) is 11.3 Å². The van der Waals surface area contributed by atoms with Crippen LogP contribution in [0.25, 0.3) is 0 Å². The highest BCUT2D eigenvalue weighted by Gasteiger charge is 2.34. The molecule has 0 aliphatic rings. The molecule has 9 heteroatoms. The standard InChI is InChI=1S/C22H19F3N4O2/c1-12-9-15(26)5-7-18(12)28-20(30)13-3-2-4-14(10-13)21(31)29-19-8-6-16(27)11-17(19)22(23,24)25/h2-11H,26-27H2,1H3,(H,28,30)(H,29,31). The van der Waals surface area contributed by atoms with Crippen LogP contribution in [0.1, 0.15) is 31.8 Å². The van der Waals surface area contributed by atoms with Crippen LogP contribution in [-0.4, -0.2) is 11.8 Å². The summed E-state index contributed by atoms with van der Waals surface area (Å²) in [5.74, 6) is -1.28. The fourth-order valence-electron chi connectivity index (χ4n) is 2.92. The number of nitrogen functional groups attached to an aromatic ring is 2. The van der Waals surface area contributed by atoms with Crippen LogP contribution in [0.15, 0.2) is 60.7 Å². The maximum atomic E-state index is 13.2. The van der Waals surface area contributed by atoms with Crippen molar-refractivity contribution in [3.63, 3.8) is 0 Å². The monoisotopic (exact) mass is 428 g/mol. The molecule has 0 spiro atoms. The molecule has 0 aliphatic heterocycles. The van der Waals surface area contributed by atoms with E-state index in [0.29, 0.717) is 11.4 Å². The number of rotatable bonds is 4. The maximum Gasteiger partial charge on any atom is 0.418 e. The van der Waals surface area contributed by atoms with Gasteiger partial charge in [0, 0.05) is 28.2 Å². The van der Waals surface area contributed by atoms with Gasteiger partial charge in [-0.25, -0.2) is 0 Å². The second kappa shape index (κ2) is 8.39. The summed E-state index contributed by atoms with van der Waals surface area (Å²) in [4.78, 5) is 25.1. The Morgan fingerprint density at radius 1 is 0.774 bits per heavy atom. The number of anilines is 4. The molecule has 6 N–H and O–H groups in total. The summed E-state index contributed by atoms with van der Waals surface area (Å²) in [6.45, 7) is 1.78. The first-order chi connectivity index (χ1) is 14.5. The molecule has 0 atom stereocenters. The highest BCUT2D eigenvalue weighted by molar-refractivity contribution is 6.09. The van der Waals surface area contributed by atoms with Crippen LogP contribution in [0.4, 0.5) is 35.9 Å². The molecule has 0 saturated carbocycles. The zero-order chi connectivity index (χ0) is 22.8. The predicted molar refractivity (Wildman–Crippen MR) is 114 cm³/mol. The van der Waals surface area contributed by atoms with Crippen LogP contribution in [0, 0.1) is 6.92 Å². The van der Waals surface area contributed by atoms with E-state index in [1.54, 1.807) is 25.1 Å². The zero-order valence-corrected chi connectivity index (χ0v) is 16.4. The molecule has 3 aromatic rings. The number of alkyl halides is 3. The summed E-state index contributed by atoms with van der Waals surface area (Å²) in [6, 6.07) is 13.7. The first-order valence-corrected chi connectivity index (χ1v) is 9.10. The molecule has 0 aliphatic carbocycles. The van der Waals surface area contributed by atoms with Crippen LogP contribution >= 0.6 is 0 Å². The van der Waals surface area contributed by atoms with Gasteiger partial charge in [-0.15, -0.1) is 0 Å². The van der Waals surface area contributed by atoms with Crippen molar-refractivity contribution in [3.05, 3.63) is 82.9 Å². The summed E-state index contributed by atoms with van der Waals surface area (Å²) in [5.41, 5.74) is 11.6. The van der Waals surface area contributed by atoms with E-state index in [4.69, 9.17) is 11.5 Å². The van der Waals surface area contributed by atoms with Gasteiger partial charge in [-0.3, -0.25) is 9.59 Å². The van der Waals surface area contributed by atoms with Crippen LogP contribution in [0.5, 0.6) is 0 Å². The zero-order valence-electron chi connectivity index (χ0n) is 16.4. The summed E-state index contributed by atoms with van der Waals surface area (Å²) in [6.07, 6.45) is -4.70. The Kier molecular flexibility index (Phi) is 5.87. The third-order valence-electron chi connectivity index (χ3n) is 4.48. The Hall–Kier alpha value is -4.01. The molecular weight excluding hydrogens is 409 g/mol. The normalized spacial score (nSPS) is 11.1. The number of halogens is 3. The van der Waals surface area contributed by atoms with Gasteiger partial charge in [0.1, 0.15) is 0 Å². The molecule has 0 unspecified atom stereocenters. The molecule has 3 aromatic carbocycles. The lowest BCUT2D eigenvalue weighted by Crippen LogP contribution is -2.18. The van der Waals surface area contributed by atoms with Crippen molar-refractivity contribution >= 4 is 34.6 Å². The highest BCUT2D eigenvalue weighted by Crippen LogP contribution is 2.36. The van der Waals surface area contributed by atoms with Crippen molar-refractivity contribution in [3.8, 4) is 0 Å². The number of aryl methyl sites for hydroxylation is 1. The van der Waals surface area contributed by atoms with E-state index in [1.807, 2.05) is 0 Å². The average molecular weight is 428 g/mol. The fraction of sp³-hybridized carbons (Fsp3) is 0.0909. The van der Waals surface area contributed by atoms with Crippen LogP contribution < -0.4 is 22.1 Å². The molecule has 160 valence electrons. The van der Waals surface area contributed by atoms with E-state index >= 15 is 0 Å². The number of hydrogen-bond donors (Lipinski definition) is 4. The Labute approximate surface area is 176 Å². The molecule has 6 nitrogen and oxygen atoms in total. The molecular formula is C22H19F3N4O2. The van der Waals surface area contributed by atoms with E-state index in [0.717, 1.165) is 17.7 Å². The van der Waals surface area contributed by atoms with Crippen LogP contribution in [-0.2, 0) is 6.18 Å². The molecule has 0 fully saturated rings. The van der Waals surface area contributed by atoms with Gasteiger partial charge in [-0.2, -0.15) is 13.2 Å². The summed E-state index contributed by atoms with van der Waals surface area (Å²) >= 11 is 0. The van der Waals surface area contributed by atoms with Crippen molar-refractivity contribution in [2.75, 3.05) is 22.1 Å². The van der Waals surface area contributed by atoms with Crippen molar-refractivity contribution in [1.82, 2.24) is 0 Å². The van der Waals surface area contributed by atoms with E-state index < -0.39 is 29.2 Å². The van der Waals surface area contributed by atoms with Gasteiger partial charge in [0.25, 0.3) is 11.8 Å². The Morgan fingerprint density at radius 3 is 1.84 bits per heavy atom. The van der Waals surface area contributed by atoms with Gasteiger partial charge in [0.15, 0.2) is 0 Å². The van der Waals surface area contributed by atoms with Gasteiger partial charge >= 0.3 is 6.18 Å². The molecule has 0 bridgehead atoms. The number of benzene rings is 3. The summed E-state index contributed by atoms with van der Waals surface area (Å²) in [5, 5.41) is 4.95. The number of carbonyl (C=O) groups excluding carboxylic acids is 2. The first kappa shape index (κ1) is 21.7. The molecule has 0 aromatic heterocycles. The van der Waals surface area contributed by atoms with E-state index in [2.05, 4.69) is 10.6 Å². The predicted octanol–water partition coefficient (Wildman–Crippen LogP) is 4.68. The van der Waals surface area contributed by atoms with Gasteiger partial charge in [0.2, 0.25) is 0 Å². The second-order valence-corrected chi connectivity index (χ2v) is 6.87. The lowest BCUT2D eigenvalue weighted by Gasteiger charge is -2.15. The molecule has 3 rings (SSSR count). The van der Waals surface area contributed by atoms with Crippen LogP contribution in [0.2, 0.25) is 0 Å². The van der Waals surface area contributed by atoms with Crippen molar-refractivity contribution in [1.29, 1.82) is 0 Å². The second-order valence-electron chi connectivity index (χ2n) is 6.87. The summed E-state index contributed by atoms with van der Waals surface area (Å²) in [7, 11) is 0. The fourth-order valence-corrected chi connectivity index (χ4v) is 2.92. The first-order valence-electron chi connectivity index (χ1n) is 9.10. The Balaban J connectivity index is 1.82. The highest BCUT2D eigenvalue weighted by atomic mass is 19.4. The Morgan fingerprint density at radius 2 is 1.29 bits per heavy atom. The largest absolute Gasteiger partial charge is 0.418 e. The maximum absolute atomic E-state index is 13.2. The minimum absolute atomic E-state index is 0.0200. The number of hydrogen-bond acceptors (Lipinski definition) is 4. The molecule has 0 saturated heterocycles. The third-order valence-corrected chi connectivity index (χ3v) is 4.48. The Bertz CT molecular complexity index is 1160. The summed E-state index contributed by atoms with van der Waals surface area (Å²) < 4.78 is 39.7. The van der Waals surface area contributed by atoms with Crippen molar-refractivity contribution < 1.29 is 22.8 Å².